The van der Waals surface area contributed by atoms with Crippen LogP contribution in [-0.4, -0.2) is 21.3 Å². The summed E-state index contributed by atoms with van der Waals surface area (Å²) in [6, 6.07) is 9.29. The number of ether oxygens (including phenoxy) is 1. The third-order valence-corrected chi connectivity index (χ3v) is 2.47. The van der Waals surface area contributed by atoms with E-state index >= 15 is 0 Å². The van der Waals surface area contributed by atoms with Crippen molar-refractivity contribution < 1.29 is 9.66 Å². The van der Waals surface area contributed by atoms with Crippen LogP contribution in [0.2, 0.25) is 5.02 Å². The molecule has 2 aromatic rings. The standard InChI is InChI=1S/C11H10ClN3O3/c12-10-8-14(13-11(10)15(16)17)6-7-18-9-4-2-1-3-5-9/h1-5,8H,6-7H2. The Hall–Kier alpha value is -2.08. The van der Waals surface area contributed by atoms with Gasteiger partial charge in [-0.1, -0.05) is 29.8 Å². The lowest BCUT2D eigenvalue weighted by molar-refractivity contribution is -0.389. The number of hydrogen-bond acceptors (Lipinski definition) is 4. The van der Waals surface area contributed by atoms with Crippen molar-refractivity contribution in [1.29, 1.82) is 0 Å². The average molecular weight is 268 g/mol. The van der Waals surface area contributed by atoms with E-state index in [9.17, 15) is 10.1 Å². The van der Waals surface area contributed by atoms with Crippen molar-refractivity contribution in [3.63, 3.8) is 0 Å². The molecule has 1 heterocycles. The molecule has 0 saturated heterocycles. The van der Waals surface area contributed by atoms with E-state index in [1.54, 1.807) is 0 Å². The number of nitrogens with zero attached hydrogens (tertiary/aromatic N) is 3. The van der Waals surface area contributed by atoms with Gasteiger partial charge in [-0.05, 0) is 17.1 Å². The normalized spacial score (nSPS) is 10.3. The monoisotopic (exact) mass is 267 g/mol. The molecule has 2 rings (SSSR count). The summed E-state index contributed by atoms with van der Waals surface area (Å²) in [5, 5.41) is 14.3. The molecular weight excluding hydrogens is 258 g/mol. The summed E-state index contributed by atoms with van der Waals surface area (Å²) in [6.45, 7) is 0.752. The largest absolute Gasteiger partial charge is 0.492 e. The van der Waals surface area contributed by atoms with E-state index in [0.717, 1.165) is 5.75 Å². The fraction of sp³-hybridized carbons (Fsp3) is 0.182. The molecule has 0 aliphatic carbocycles. The Morgan fingerprint density at radius 2 is 2.11 bits per heavy atom. The van der Waals surface area contributed by atoms with Gasteiger partial charge >= 0.3 is 5.82 Å². The SMILES string of the molecule is O=[N+]([O-])c1nn(CCOc2ccccc2)cc1Cl. The molecule has 0 unspecified atom stereocenters. The quantitative estimate of drug-likeness (QED) is 0.616. The molecule has 1 aromatic heterocycles. The smallest absolute Gasteiger partial charge is 0.408 e. The summed E-state index contributed by atoms with van der Waals surface area (Å²) >= 11 is 5.67. The minimum Gasteiger partial charge on any atom is -0.492 e. The molecule has 1 aromatic carbocycles. The van der Waals surface area contributed by atoms with Gasteiger partial charge in [-0.2, -0.15) is 4.68 Å². The van der Waals surface area contributed by atoms with Crippen LogP contribution in [0.4, 0.5) is 5.82 Å². The van der Waals surface area contributed by atoms with Crippen LogP contribution in [0.25, 0.3) is 0 Å². The lowest BCUT2D eigenvalue weighted by atomic mass is 10.3. The molecule has 6 nitrogen and oxygen atoms in total. The van der Waals surface area contributed by atoms with E-state index in [1.807, 2.05) is 30.3 Å². The minimum absolute atomic E-state index is 0.0275. The van der Waals surface area contributed by atoms with Crippen LogP contribution >= 0.6 is 11.6 Å². The highest BCUT2D eigenvalue weighted by molar-refractivity contribution is 6.32. The molecule has 0 aliphatic heterocycles. The van der Waals surface area contributed by atoms with Gasteiger partial charge in [0.25, 0.3) is 0 Å². The minimum atomic E-state index is -0.614. The second-order valence-corrected chi connectivity index (χ2v) is 3.89. The van der Waals surface area contributed by atoms with E-state index in [-0.39, 0.29) is 10.8 Å². The highest BCUT2D eigenvalue weighted by Crippen LogP contribution is 2.21. The second kappa shape index (κ2) is 5.50. The predicted molar refractivity (Wildman–Crippen MR) is 65.8 cm³/mol. The van der Waals surface area contributed by atoms with Crippen LogP contribution in [-0.2, 0) is 6.54 Å². The molecule has 7 heteroatoms. The molecule has 0 aliphatic rings. The first-order valence-corrected chi connectivity index (χ1v) is 5.60. The lowest BCUT2D eigenvalue weighted by Gasteiger charge is -2.03. The van der Waals surface area contributed by atoms with Gasteiger partial charge in [-0.3, -0.25) is 0 Å². The van der Waals surface area contributed by atoms with Crippen LogP contribution in [0, 0.1) is 10.1 Å². The first-order chi connectivity index (χ1) is 8.66. The molecular formula is C11H10ClN3O3. The number of para-hydroxylation sites is 1. The van der Waals surface area contributed by atoms with Crippen molar-refractivity contribution in [2.75, 3.05) is 6.61 Å². The van der Waals surface area contributed by atoms with Crippen molar-refractivity contribution in [3.05, 3.63) is 51.7 Å². The lowest BCUT2D eigenvalue weighted by Crippen LogP contribution is -2.08. The zero-order valence-electron chi connectivity index (χ0n) is 9.32. The number of nitro groups is 1. The van der Waals surface area contributed by atoms with Gasteiger partial charge in [0.1, 0.15) is 12.4 Å². The molecule has 0 bridgehead atoms. The van der Waals surface area contributed by atoms with Crippen LogP contribution < -0.4 is 4.74 Å². The van der Waals surface area contributed by atoms with Crippen molar-refractivity contribution >= 4 is 17.4 Å². The molecule has 0 spiro atoms. The van der Waals surface area contributed by atoms with E-state index in [0.29, 0.717) is 13.2 Å². The maximum Gasteiger partial charge on any atom is 0.408 e. The Kier molecular flexibility index (Phi) is 3.78. The Morgan fingerprint density at radius 3 is 2.72 bits per heavy atom. The number of rotatable bonds is 5. The van der Waals surface area contributed by atoms with Gasteiger partial charge in [0.05, 0.1) is 17.8 Å². The highest BCUT2D eigenvalue weighted by atomic mass is 35.5. The van der Waals surface area contributed by atoms with Gasteiger partial charge in [-0.15, -0.1) is 0 Å². The Bertz CT molecular complexity index is 542. The van der Waals surface area contributed by atoms with E-state index < -0.39 is 4.92 Å². The van der Waals surface area contributed by atoms with E-state index in [4.69, 9.17) is 16.3 Å². The highest BCUT2D eigenvalue weighted by Gasteiger charge is 2.18. The van der Waals surface area contributed by atoms with Crippen molar-refractivity contribution in [2.45, 2.75) is 6.54 Å². The van der Waals surface area contributed by atoms with Gasteiger partial charge in [0.2, 0.25) is 0 Å². The van der Waals surface area contributed by atoms with Crippen molar-refractivity contribution in [1.82, 2.24) is 9.78 Å². The number of benzene rings is 1. The molecule has 0 atom stereocenters. The van der Waals surface area contributed by atoms with Gasteiger partial charge in [-0.25, -0.2) is 0 Å². The molecule has 0 amide bonds. The third kappa shape index (κ3) is 2.98. The molecule has 0 N–H and O–H groups in total. The number of halogens is 1. The van der Waals surface area contributed by atoms with Gasteiger partial charge < -0.3 is 14.9 Å². The summed E-state index contributed by atoms with van der Waals surface area (Å²) in [4.78, 5) is 9.93. The zero-order valence-corrected chi connectivity index (χ0v) is 10.1. The van der Waals surface area contributed by atoms with Gasteiger partial charge in [0, 0.05) is 0 Å². The van der Waals surface area contributed by atoms with Crippen molar-refractivity contribution in [2.24, 2.45) is 0 Å². The fourth-order valence-corrected chi connectivity index (χ4v) is 1.62. The molecule has 0 radical (unpaired) electrons. The number of hydrogen-bond donors (Lipinski definition) is 0. The topological polar surface area (TPSA) is 70.2 Å². The van der Waals surface area contributed by atoms with E-state index in [1.165, 1.54) is 10.9 Å². The Balaban J connectivity index is 1.91. The molecule has 94 valence electrons. The van der Waals surface area contributed by atoms with Crippen LogP contribution in [0.15, 0.2) is 36.5 Å². The molecule has 0 saturated carbocycles. The van der Waals surface area contributed by atoms with Crippen LogP contribution in [0.5, 0.6) is 5.75 Å². The van der Waals surface area contributed by atoms with Gasteiger partial charge in [0.15, 0.2) is 5.02 Å². The third-order valence-electron chi connectivity index (χ3n) is 2.20. The first-order valence-electron chi connectivity index (χ1n) is 5.22. The molecule has 18 heavy (non-hydrogen) atoms. The van der Waals surface area contributed by atoms with E-state index in [2.05, 4.69) is 5.10 Å². The Labute approximate surface area is 108 Å². The number of aromatic nitrogens is 2. The maximum atomic E-state index is 10.5. The van der Waals surface area contributed by atoms with Crippen LogP contribution in [0.1, 0.15) is 0 Å². The summed E-state index contributed by atoms with van der Waals surface area (Å²) < 4.78 is 6.84. The summed E-state index contributed by atoms with van der Waals surface area (Å²) in [7, 11) is 0. The summed E-state index contributed by atoms with van der Waals surface area (Å²) in [6.07, 6.45) is 1.41. The average Bonchev–Trinajstić information content (AvgIpc) is 2.72. The predicted octanol–water partition coefficient (Wildman–Crippen LogP) is 2.52. The van der Waals surface area contributed by atoms with Crippen molar-refractivity contribution in [3.8, 4) is 5.75 Å². The zero-order chi connectivity index (χ0) is 13.0. The Morgan fingerprint density at radius 1 is 1.39 bits per heavy atom. The summed E-state index contributed by atoms with van der Waals surface area (Å²) in [5.41, 5.74) is 0. The second-order valence-electron chi connectivity index (χ2n) is 3.48. The molecule has 0 fully saturated rings. The fourth-order valence-electron chi connectivity index (χ4n) is 1.40. The summed E-state index contributed by atoms with van der Waals surface area (Å²) in [5.74, 6) is 0.404. The maximum absolute atomic E-state index is 10.5. The first kappa shape index (κ1) is 12.4. The van der Waals surface area contributed by atoms with Crippen LogP contribution in [0.3, 0.4) is 0 Å².